The van der Waals surface area contributed by atoms with Crippen LogP contribution in [0.3, 0.4) is 0 Å². The lowest BCUT2D eigenvalue weighted by atomic mass is 10.1. The van der Waals surface area contributed by atoms with Gasteiger partial charge in [-0.2, -0.15) is 0 Å². The number of carboxylic acid groups (broad SMARTS) is 1. The second-order valence-corrected chi connectivity index (χ2v) is 4.27. The molecule has 0 aromatic rings. The first-order chi connectivity index (χ1) is 6.76. The Balaban J connectivity index is 4.16. The summed E-state index contributed by atoms with van der Waals surface area (Å²) < 4.78 is 5.13. The maximum Gasteiger partial charge on any atom is 0.323 e. The van der Waals surface area contributed by atoms with Crippen LogP contribution in [-0.2, 0) is 14.3 Å². The van der Waals surface area contributed by atoms with E-state index in [2.05, 4.69) is 5.32 Å². The average Bonchev–Trinajstić information content (AvgIpc) is 2.01. The molecule has 0 aliphatic carbocycles. The van der Waals surface area contributed by atoms with Crippen LogP contribution in [0, 0.1) is 0 Å². The van der Waals surface area contributed by atoms with E-state index < -0.39 is 23.6 Å². The van der Waals surface area contributed by atoms with Crippen molar-refractivity contribution in [2.24, 2.45) is 0 Å². The summed E-state index contributed by atoms with van der Waals surface area (Å²) in [5, 5.41) is 11.1. The maximum absolute atomic E-state index is 11.5. The van der Waals surface area contributed by atoms with E-state index in [9.17, 15) is 9.59 Å². The minimum atomic E-state index is -0.989. The van der Waals surface area contributed by atoms with Gasteiger partial charge in [0.2, 0.25) is 0 Å². The monoisotopic (exact) mass is 217 g/mol. The Morgan fingerprint density at radius 2 is 1.93 bits per heavy atom. The van der Waals surface area contributed by atoms with Crippen molar-refractivity contribution in [2.75, 3.05) is 6.54 Å². The molecule has 0 aliphatic heterocycles. The lowest BCUT2D eigenvalue weighted by Gasteiger charge is -2.23. The molecule has 0 aromatic heterocycles. The van der Waals surface area contributed by atoms with Crippen LogP contribution in [0.4, 0.5) is 0 Å². The first-order valence-electron chi connectivity index (χ1n) is 4.94. The van der Waals surface area contributed by atoms with E-state index in [1.54, 1.807) is 27.7 Å². The van der Waals surface area contributed by atoms with Crippen LogP contribution in [0.5, 0.6) is 0 Å². The summed E-state index contributed by atoms with van der Waals surface area (Å²) in [5.41, 5.74) is -0.546. The molecule has 0 heterocycles. The van der Waals surface area contributed by atoms with E-state index >= 15 is 0 Å². The third kappa shape index (κ3) is 6.90. The summed E-state index contributed by atoms with van der Waals surface area (Å²) in [5.74, 6) is -1.40. The number of carboxylic acids is 1. The number of rotatable bonds is 5. The van der Waals surface area contributed by atoms with Gasteiger partial charge in [-0.3, -0.25) is 14.9 Å². The Bertz CT molecular complexity index is 232. The van der Waals surface area contributed by atoms with Crippen LogP contribution >= 0.6 is 0 Å². The molecule has 0 bridgehead atoms. The van der Waals surface area contributed by atoms with Gasteiger partial charge in [0.15, 0.2) is 0 Å². The van der Waals surface area contributed by atoms with Crippen LogP contribution in [-0.4, -0.2) is 35.2 Å². The third-order valence-corrected chi connectivity index (χ3v) is 1.60. The van der Waals surface area contributed by atoms with Gasteiger partial charge in [-0.15, -0.1) is 0 Å². The van der Waals surface area contributed by atoms with Crippen molar-refractivity contribution >= 4 is 11.9 Å². The fraction of sp³-hybridized carbons (Fsp3) is 0.800. The quantitative estimate of drug-likeness (QED) is 0.665. The van der Waals surface area contributed by atoms with Crippen molar-refractivity contribution in [2.45, 2.75) is 45.8 Å². The van der Waals surface area contributed by atoms with Crippen molar-refractivity contribution in [1.29, 1.82) is 0 Å². The van der Waals surface area contributed by atoms with E-state index in [-0.39, 0.29) is 6.54 Å². The molecule has 15 heavy (non-hydrogen) atoms. The Hall–Kier alpha value is -1.10. The topological polar surface area (TPSA) is 75.6 Å². The van der Waals surface area contributed by atoms with Crippen LogP contribution < -0.4 is 5.32 Å². The van der Waals surface area contributed by atoms with Crippen molar-refractivity contribution in [3.05, 3.63) is 0 Å². The molecule has 0 amide bonds. The van der Waals surface area contributed by atoms with Crippen molar-refractivity contribution in [3.8, 4) is 0 Å². The van der Waals surface area contributed by atoms with Gasteiger partial charge >= 0.3 is 11.9 Å². The van der Waals surface area contributed by atoms with Gasteiger partial charge in [-0.25, -0.2) is 0 Å². The van der Waals surface area contributed by atoms with E-state index in [0.29, 0.717) is 6.42 Å². The first-order valence-corrected chi connectivity index (χ1v) is 4.94. The fourth-order valence-corrected chi connectivity index (χ4v) is 0.978. The molecule has 0 saturated heterocycles. The molecule has 0 saturated carbocycles. The molecule has 0 aliphatic rings. The summed E-state index contributed by atoms with van der Waals surface area (Å²) >= 11 is 0. The average molecular weight is 217 g/mol. The fourth-order valence-electron chi connectivity index (χ4n) is 0.978. The summed E-state index contributed by atoms with van der Waals surface area (Å²) in [7, 11) is 0. The van der Waals surface area contributed by atoms with E-state index in [1.807, 2.05) is 0 Å². The molecule has 0 rings (SSSR count). The zero-order valence-electron chi connectivity index (χ0n) is 9.66. The lowest BCUT2D eigenvalue weighted by molar-refractivity contribution is -0.157. The Morgan fingerprint density at radius 3 is 2.27 bits per heavy atom. The first kappa shape index (κ1) is 13.9. The van der Waals surface area contributed by atoms with Crippen molar-refractivity contribution < 1.29 is 19.4 Å². The van der Waals surface area contributed by atoms with E-state index in [4.69, 9.17) is 9.84 Å². The van der Waals surface area contributed by atoms with E-state index in [1.165, 1.54) is 0 Å². The number of carbonyl (C=O) groups is 2. The number of hydrogen-bond donors (Lipinski definition) is 2. The summed E-state index contributed by atoms with van der Waals surface area (Å²) in [6.07, 6.45) is 0.502. The smallest absolute Gasteiger partial charge is 0.323 e. The van der Waals surface area contributed by atoms with Crippen LogP contribution in [0.25, 0.3) is 0 Å². The molecule has 88 valence electrons. The number of carbonyl (C=O) groups excluding carboxylic acids is 1. The van der Waals surface area contributed by atoms with Crippen molar-refractivity contribution in [1.82, 2.24) is 5.32 Å². The van der Waals surface area contributed by atoms with E-state index in [0.717, 1.165) is 0 Å². The van der Waals surface area contributed by atoms with Gasteiger partial charge < -0.3 is 9.84 Å². The maximum atomic E-state index is 11.5. The molecular formula is C10H19NO4. The number of nitrogens with one attached hydrogen (secondary N) is 1. The summed E-state index contributed by atoms with van der Waals surface area (Å²) in [6, 6.07) is -0.555. The standard InChI is InChI=1S/C10H19NO4/c1-5-7(11-6-8(12)13)9(14)15-10(2,3)4/h7,11H,5-6H2,1-4H3,(H,12,13). The summed E-state index contributed by atoms with van der Waals surface area (Å²) in [6.45, 7) is 6.87. The lowest BCUT2D eigenvalue weighted by Crippen LogP contribution is -2.42. The SMILES string of the molecule is CCC(NCC(=O)O)C(=O)OC(C)(C)C. The Kier molecular flexibility index (Phi) is 5.28. The summed E-state index contributed by atoms with van der Waals surface area (Å²) in [4.78, 5) is 21.8. The second-order valence-electron chi connectivity index (χ2n) is 4.27. The van der Waals surface area contributed by atoms with Gasteiger partial charge in [0.25, 0.3) is 0 Å². The van der Waals surface area contributed by atoms with Gasteiger partial charge in [0.05, 0.1) is 6.54 Å². The predicted molar refractivity (Wildman–Crippen MR) is 55.6 cm³/mol. The highest BCUT2D eigenvalue weighted by molar-refractivity contribution is 5.77. The Morgan fingerprint density at radius 1 is 1.40 bits per heavy atom. The third-order valence-electron chi connectivity index (χ3n) is 1.60. The highest BCUT2D eigenvalue weighted by Crippen LogP contribution is 2.09. The molecule has 2 N–H and O–H groups in total. The number of hydrogen-bond acceptors (Lipinski definition) is 4. The highest BCUT2D eigenvalue weighted by atomic mass is 16.6. The molecule has 0 fully saturated rings. The molecule has 5 nitrogen and oxygen atoms in total. The largest absolute Gasteiger partial charge is 0.480 e. The predicted octanol–water partition coefficient (Wildman–Crippen LogP) is 0.781. The molecule has 1 atom stereocenters. The number of esters is 1. The van der Waals surface area contributed by atoms with Crippen LogP contribution in [0.1, 0.15) is 34.1 Å². The van der Waals surface area contributed by atoms with Crippen molar-refractivity contribution in [3.63, 3.8) is 0 Å². The van der Waals surface area contributed by atoms with Gasteiger partial charge in [-0.1, -0.05) is 6.92 Å². The van der Waals surface area contributed by atoms with Gasteiger partial charge in [0, 0.05) is 0 Å². The zero-order valence-corrected chi connectivity index (χ0v) is 9.66. The normalized spacial score (nSPS) is 13.3. The molecule has 5 heteroatoms. The number of aliphatic carboxylic acids is 1. The van der Waals surface area contributed by atoms with Gasteiger partial charge in [0.1, 0.15) is 11.6 Å². The number of ether oxygens (including phenoxy) is 1. The van der Waals surface area contributed by atoms with Gasteiger partial charge in [-0.05, 0) is 27.2 Å². The molecular weight excluding hydrogens is 198 g/mol. The molecule has 0 radical (unpaired) electrons. The second kappa shape index (κ2) is 5.70. The Labute approximate surface area is 89.8 Å². The zero-order chi connectivity index (χ0) is 12.1. The molecule has 0 aromatic carbocycles. The highest BCUT2D eigenvalue weighted by Gasteiger charge is 2.23. The van der Waals surface area contributed by atoms with Crippen LogP contribution in [0.2, 0.25) is 0 Å². The molecule has 1 unspecified atom stereocenters. The van der Waals surface area contributed by atoms with Crippen LogP contribution in [0.15, 0.2) is 0 Å². The minimum absolute atomic E-state index is 0.238. The molecule has 0 spiro atoms. The minimum Gasteiger partial charge on any atom is -0.480 e.